The van der Waals surface area contributed by atoms with Crippen molar-refractivity contribution in [1.82, 2.24) is 4.98 Å². The molecule has 0 spiro atoms. The number of hydrogen-bond acceptors (Lipinski definition) is 6. The van der Waals surface area contributed by atoms with Crippen LogP contribution in [0, 0.1) is 0 Å². The number of aliphatic imine (C=N–C) groups is 1. The Bertz CT molecular complexity index is 461. The number of hydrogen-bond donors (Lipinski definition) is 0. The Kier molecular flexibility index (Phi) is 3.76. The summed E-state index contributed by atoms with van der Waals surface area (Å²) in [5.41, 5.74) is 0.588. The molecule has 2 atom stereocenters. The fraction of sp³-hybridized carbons (Fsp3) is 0.417. The molecule has 0 fully saturated rings. The van der Waals surface area contributed by atoms with Gasteiger partial charge in [-0.05, 0) is 13.0 Å². The Morgan fingerprint density at radius 2 is 2.33 bits per heavy atom. The lowest BCUT2D eigenvalue weighted by molar-refractivity contribution is -0.146. The number of carbonyl (C=O) groups excluding carboxylic acids is 1. The summed E-state index contributed by atoms with van der Waals surface area (Å²) >= 11 is 0. The van der Waals surface area contributed by atoms with E-state index in [9.17, 15) is 4.79 Å². The molecule has 1 aromatic heterocycles. The fourth-order valence-electron chi connectivity index (χ4n) is 1.67. The second kappa shape index (κ2) is 5.48. The lowest BCUT2D eigenvalue weighted by Gasteiger charge is -2.15. The lowest BCUT2D eigenvalue weighted by atomic mass is 10.1. The number of esters is 1. The molecule has 1 aliphatic heterocycles. The number of pyridine rings is 1. The number of nitrogens with zero attached hydrogens (tertiary/aromatic N) is 2. The van der Waals surface area contributed by atoms with Crippen LogP contribution < -0.4 is 4.74 Å². The number of rotatable bonds is 4. The van der Waals surface area contributed by atoms with E-state index in [-0.39, 0.29) is 0 Å². The molecule has 0 saturated heterocycles. The van der Waals surface area contributed by atoms with Crippen molar-refractivity contribution in [2.24, 2.45) is 4.99 Å². The summed E-state index contributed by atoms with van der Waals surface area (Å²) in [6.07, 6.45) is 0.701. The zero-order chi connectivity index (χ0) is 13.0. The SMILES string of the molecule is CCOC(=O)[C@H]1N=CO[C@@H]1c1cccc(OC)n1. The Hall–Kier alpha value is -2.11. The average molecular weight is 250 g/mol. The van der Waals surface area contributed by atoms with E-state index in [1.165, 1.54) is 13.5 Å². The highest BCUT2D eigenvalue weighted by Gasteiger charge is 2.36. The largest absolute Gasteiger partial charge is 0.481 e. The van der Waals surface area contributed by atoms with Gasteiger partial charge < -0.3 is 14.2 Å². The highest BCUT2D eigenvalue weighted by molar-refractivity contribution is 5.80. The summed E-state index contributed by atoms with van der Waals surface area (Å²) in [7, 11) is 1.53. The molecule has 0 aromatic carbocycles. The molecule has 0 unspecified atom stereocenters. The van der Waals surface area contributed by atoms with Crippen LogP contribution in [0.4, 0.5) is 0 Å². The molecule has 0 amide bonds. The van der Waals surface area contributed by atoms with Crippen molar-refractivity contribution in [3.8, 4) is 5.88 Å². The minimum Gasteiger partial charge on any atom is -0.481 e. The van der Waals surface area contributed by atoms with E-state index in [1.54, 1.807) is 25.1 Å². The van der Waals surface area contributed by atoms with Crippen LogP contribution in [-0.4, -0.2) is 37.1 Å². The van der Waals surface area contributed by atoms with Crippen molar-refractivity contribution in [2.75, 3.05) is 13.7 Å². The normalized spacial score (nSPS) is 21.4. The highest BCUT2D eigenvalue weighted by Crippen LogP contribution is 2.27. The topological polar surface area (TPSA) is 70.0 Å². The van der Waals surface area contributed by atoms with E-state index >= 15 is 0 Å². The van der Waals surface area contributed by atoms with E-state index < -0.39 is 18.1 Å². The first-order chi connectivity index (χ1) is 8.76. The predicted molar refractivity (Wildman–Crippen MR) is 63.5 cm³/mol. The van der Waals surface area contributed by atoms with Gasteiger partial charge in [0.25, 0.3) is 0 Å². The minimum atomic E-state index is -0.704. The Balaban J connectivity index is 2.19. The van der Waals surface area contributed by atoms with E-state index in [0.717, 1.165) is 0 Å². The van der Waals surface area contributed by atoms with Crippen LogP contribution in [0.2, 0.25) is 0 Å². The maximum atomic E-state index is 11.7. The molecule has 0 aliphatic carbocycles. The Morgan fingerprint density at radius 3 is 3.06 bits per heavy atom. The first kappa shape index (κ1) is 12.3. The fourth-order valence-corrected chi connectivity index (χ4v) is 1.67. The quantitative estimate of drug-likeness (QED) is 0.749. The van der Waals surface area contributed by atoms with E-state index in [2.05, 4.69) is 9.98 Å². The maximum Gasteiger partial charge on any atom is 0.335 e. The second-order valence-electron chi connectivity index (χ2n) is 3.61. The van der Waals surface area contributed by atoms with Crippen LogP contribution in [0.15, 0.2) is 23.2 Å². The van der Waals surface area contributed by atoms with Gasteiger partial charge in [0.05, 0.1) is 19.4 Å². The van der Waals surface area contributed by atoms with Crippen LogP contribution in [0.25, 0.3) is 0 Å². The number of carbonyl (C=O) groups is 1. The summed E-state index contributed by atoms with van der Waals surface area (Å²) < 4.78 is 15.3. The van der Waals surface area contributed by atoms with E-state index in [4.69, 9.17) is 14.2 Å². The molecule has 1 aromatic rings. The van der Waals surface area contributed by atoms with Gasteiger partial charge in [0.15, 0.2) is 18.5 Å². The van der Waals surface area contributed by atoms with Gasteiger partial charge in [-0.1, -0.05) is 6.07 Å². The molecule has 6 nitrogen and oxygen atoms in total. The summed E-state index contributed by atoms with van der Waals surface area (Å²) in [6.45, 7) is 2.05. The van der Waals surface area contributed by atoms with Crippen LogP contribution in [0.3, 0.4) is 0 Å². The van der Waals surface area contributed by atoms with Crippen LogP contribution >= 0.6 is 0 Å². The van der Waals surface area contributed by atoms with Crippen LogP contribution in [-0.2, 0) is 14.3 Å². The maximum absolute atomic E-state index is 11.7. The number of aromatic nitrogens is 1. The van der Waals surface area contributed by atoms with Crippen molar-refractivity contribution in [2.45, 2.75) is 19.1 Å². The average Bonchev–Trinajstić information content (AvgIpc) is 2.88. The van der Waals surface area contributed by atoms with Gasteiger partial charge in [0, 0.05) is 6.07 Å². The minimum absolute atomic E-state index is 0.309. The molecule has 0 bridgehead atoms. The van der Waals surface area contributed by atoms with Crippen molar-refractivity contribution in [1.29, 1.82) is 0 Å². The lowest BCUT2D eigenvalue weighted by Crippen LogP contribution is -2.26. The van der Waals surface area contributed by atoms with Crippen molar-refractivity contribution >= 4 is 12.4 Å². The highest BCUT2D eigenvalue weighted by atomic mass is 16.5. The van der Waals surface area contributed by atoms with Gasteiger partial charge in [-0.25, -0.2) is 14.8 Å². The van der Waals surface area contributed by atoms with Gasteiger partial charge >= 0.3 is 5.97 Å². The van der Waals surface area contributed by atoms with E-state index in [1.807, 2.05) is 0 Å². The summed E-state index contributed by atoms with van der Waals surface area (Å²) in [5.74, 6) is 0.0477. The second-order valence-corrected chi connectivity index (χ2v) is 3.61. The molecule has 2 heterocycles. The Labute approximate surface area is 105 Å². The summed E-state index contributed by atoms with van der Waals surface area (Å²) in [5, 5.41) is 0. The van der Waals surface area contributed by atoms with Gasteiger partial charge in [-0.15, -0.1) is 0 Å². The third-order valence-electron chi connectivity index (χ3n) is 2.49. The zero-order valence-corrected chi connectivity index (χ0v) is 10.2. The molecule has 0 radical (unpaired) electrons. The first-order valence-electron chi connectivity index (χ1n) is 5.61. The summed E-state index contributed by atoms with van der Waals surface area (Å²) in [6, 6.07) is 4.56. The van der Waals surface area contributed by atoms with Crippen molar-refractivity contribution < 1.29 is 19.0 Å². The van der Waals surface area contributed by atoms with Gasteiger partial charge in [-0.2, -0.15) is 0 Å². The molecule has 0 saturated carbocycles. The molecule has 96 valence electrons. The zero-order valence-electron chi connectivity index (χ0n) is 10.2. The standard InChI is InChI=1S/C12H14N2O4/c1-3-17-12(15)10-11(18-7-13-10)8-5-4-6-9(14-8)16-2/h4-7,10-11H,3H2,1-2H3/t10-,11+/m0/s1. The third-order valence-corrected chi connectivity index (χ3v) is 2.49. The molecular formula is C12H14N2O4. The van der Waals surface area contributed by atoms with Gasteiger partial charge in [0.1, 0.15) is 0 Å². The van der Waals surface area contributed by atoms with Crippen molar-refractivity contribution in [3.63, 3.8) is 0 Å². The van der Waals surface area contributed by atoms with Gasteiger partial charge in [-0.3, -0.25) is 0 Å². The van der Waals surface area contributed by atoms with Crippen molar-refractivity contribution in [3.05, 3.63) is 23.9 Å². The smallest absolute Gasteiger partial charge is 0.335 e. The Morgan fingerprint density at radius 1 is 1.50 bits per heavy atom. The number of ether oxygens (including phenoxy) is 3. The summed E-state index contributed by atoms with van der Waals surface area (Å²) in [4.78, 5) is 19.9. The molecule has 1 aliphatic rings. The monoisotopic (exact) mass is 250 g/mol. The van der Waals surface area contributed by atoms with Gasteiger partial charge in [0.2, 0.25) is 5.88 Å². The predicted octanol–water partition coefficient (Wildman–Crippen LogP) is 1.12. The van der Waals surface area contributed by atoms with Crippen LogP contribution in [0.5, 0.6) is 5.88 Å². The molecule has 18 heavy (non-hydrogen) atoms. The van der Waals surface area contributed by atoms with E-state index in [0.29, 0.717) is 18.2 Å². The van der Waals surface area contributed by atoms with Crippen LogP contribution in [0.1, 0.15) is 18.7 Å². The molecule has 0 N–H and O–H groups in total. The first-order valence-corrected chi connectivity index (χ1v) is 5.61. The molecule has 2 rings (SSSR count). The number of methoxy groups -OCH3 is 1. The molecule has 6 heteroatoms. The third kappa shape index (κ3) is 2.42. The molecular weight excluding hydrogens is 236 g/mol.